The quantitative estimate of drug-likeness (QED) is 0.0394. The Morgan fingerprint density at radius 3 is 0.939 bits per heavy atom. The van der Waals surface area contributed by atoms with E-state index in [1.165, 1.54) is 34.4 Å². The van der Waals surface area contributed by atoms with Crippen molar-refractivity contribution in [2.45, 2.75) is 88.9 Å². The van der Waals surface area contributed by atoms with Crippen LogP contribution in [0.4, 0.5) is 51.7 Å². The van der Waals surface area contributed by atoms with Gasteiger partial charge < -0.3 is 9.80 Å². The zero-order chi connectivity index (χ0) is 77.9. The molecule has 114 heavy (non-hydrogen) atoms. The summed E-state index contributed by atoms with van der Waals surface area (Å²) in [4.78, 5) is 4.62. The Labute approximate surface area is 668 Å². The number of nitrogens with zero attached hydrogens (tertiary/aromatic N) is 2. The average molecular weight is 1490 g/mol. The second kappa shape index (κ2) is 32.1. The first-order valence-electron chi connectivity index (χ1n) is 40.1. The van der Waals surface area contributed by atoms with Gasteiger partial charge in [-0.3, -0.25) is 0 Å². The molecule has 0 saturated carbocycles. The molecule has 15 aromatic carbocycles. The lowest BCUT2D eigenvalue weighted by Crippen LogP contribution is -2.30. The first-order chi connectivity index (χ1) is 56.0. The summed E-state index contributed by atoms with van der Waals surface area (Å²) in [7, 11) is 0. The molecule has 17 rings (SSSR count). The monoisotopic (exact) mass is 1490 g/mol. The highest BCUT2D eigenvalue weighted by atomic mass is 19.1. The molecule has 0 bridgehead atoms. The highest BCUT2D eigenvalue weighted by Gasteiger charge is 2.50. The molecule has 0 heterocycles. The summed E-state index contributed by atoms with van der Waals surface area (Å²) in [6.45, 7) is 12.7. The predicted molar refractivity (Wildman–Crippen MR) is 468 cm³/mol. The predicted octanol–water partition coefficient (Wildman–Crippen LogP) is 30.1. The van der Waals surface area contributed by atoms with Crippen LogP contribution in [-0.2, 0) is 23.7 Å². The molecule has 0 radical (unpaired) electrons. The van der Waals surface area contributed by atoms with E-state index in [1.807, 2.05) is 72.8 Å². The molecule has 2 aliphatic carbocycles. The van der Waals surface area contributed by atoms with Crippen LogP contribution in [0.25, 0.3) is 78.9 Å². The molecule has 0 saturated heterocycles. The zero-order valence-electron chi connectivity index (χ0n) is 64.4. The van der Waals surface area contributed by atoms with Crippen molar-refractivity contribution in [3.05, 3.63) is 443 Å². The normalized spacial score (nSPS) is 14.4. The first kappa shape index (κ1) is 73.9. The summed E-state index contributed by atoms with van der Waals surface area (Å²) >= 11 is 0. The van der Waals surface area contributed by atoms with Gasteiger partial charge in [0.25, 0.3) is 0 Å². The van der Waals surface area contributed by atoms with Gasteiger partial charge in [-0.1, -0.05) is 320 Å². The van der Waals surface area contributed by atoms with Crippen LogP contribution in [0.3, 0.4) is 0 Å². The van der Waals surface area contributed by atoms with Crippen molar-refractivity contribution in [1.29, 1.82) is 0 Å². The number of rotatable bonds is 26. The Hall–Kier alpha value is -12.9. The van der Waals surface area contributed by atoms with E-state index in [9.17, 15) is 0 Å². The number of aryl methyl sites for hydroxylation is 2. The summed E-state index contributed by atoms with van der Waals surface area (Å²) in [6, 6.07) is 116. The van der Waals surface area contributed by atoms with Gasteiger partial charge in [-0.05, 0) is 233 Å². The lowest BCUT2D eigenvalue weighted by Gasteiger charge is -2.35. The van der Waals surface area contributed by atoms with Crippen LogP contribution in [0.2, 0.25) is 0 Å². The van der Waals surface area contributed by atoms with Crippen LogP contribution in [-0.4, -0.2) is 0 Å². The van der Waals surface area contributed by atoms with Gasteiger partial charge in [0.15, 0.2) is 0 Å². The van der Waals surface area contributed by atoms with Crippen molar-refractivity contribution >= 4 is 46.3 Å². The number of hydrogen-bond acceptors (Lipinski definition) is 2. The molecular weight excluding hydrogens is 1400 g/mol. The van der Waals surface area contributed by atoms with E-state index in [-0.39, 0.29) is 0 Å². The molecule has 0 amide bonds. The topological polar surface area (TPSA) is 6.48 Å². The number of unbranched alkanes of at least 4 members (excludes halogenated alkanes) is 6. The van der Waals surface area contributed by atoms with E-state index in [1.54, 1.807) is 12.1 Å². The largest absolute Gasteiger partial charge is 0.310 e. The van der Waals surface area contributed by atoms with E-state index in [2.05, 4.69) is 279 Å². The van der Waals surface area contributed by atoms with Gasteiger partial charge in [-0.15, -0.1) is 0 Å². The highest BCUT2D eigenvalue weighted by Crippen LogP contribution is 2.60. The van der Waals surface area contributed by atoms with Crippen molar-refractivity contribution in [3.8, 4) is 66.8 Å². The van der Waals surface area contributed by atoms with Crippen LogP contribution in [0.1, 0.15) is 132 Å². The van der Waals surface area contributed by atoms with E-state index in [0.29, 0.717) is 11.1 Å². The van der Waals surface area contributed by atoms with Gasteiger partial charge in [0.2, 0.25) is 0 Å². The number of anilines is 6. The maximum atomic E-state index is 17.2. The molecule has 0 spiro atoms. The fourth-order valence-corrected chi connectivity index (χ4v) is 18.1. The Kier molecular flexibility index (Phi) is 20.8. The van der Waals surface area contributed by atoms with E-state index in [4.69, 9.17) is 0 Å². The van der Waals surface area contributed by atoms with Gasteiger partial charge in [-0.2, -0.15) is 0 Å². The summed E-state index contributed by atoms with van der Waals surface area (Å²) in [5.41, 5.74) is 26.8. The summed E-state index contributed by atoms with van der Waals surface area (Å²) < 4.78 is 64.8. The molecule has 2 unspecified atom stereocenters. The summed E-state index contributed by atoms with van der Waals surface area (Å²) in [5, 5.41) is 0. The number of benzene rings is 15. The average Bonchev–Trinajstić information content (AvgIpc) is 1.54. The molecule has 0 aromatic heterocycles. The van der Waals surface area contributed by atoms with E-state index < -0.39 is 34.1 Å². The Balaban J connectivity index is 0.792. The zero-order valence-corrected chi connectivity index (χ0v) is 64.4. The molecule has 15 aromatic rings. The van der Waals surface area contributed by atoms with Gasteiger partial charge in [0.05, 0.1) is 10.8 Å². The van der Waals surface area contributed by atoms with Gasteiger partial charge >= 0.3 is 0 Å². The third kappa shape index (κ3) is 13.6. The van der Waals surface area contributed by atoms with Gasteiger partial charge in [-0.25, -0.2) is 17.6 Å². The molecule has 6 heteroatoms. The molecule has 2 aliphatic rings. The standard InChI is InChI=1S/C108H88F4N2/c1-5-9-11-15-29-81-67-98(80-45-59-90(60-46-80)114(88-55-41-78(42-56-88)76-27-19-14-20-28-76)92-62-64-96-94-32-22-24-34-100(94)108(104(96)72-92,84-49-37-74(8-4)38-50-84)102-66-52-86(110)70-106(102)112)82(30-16-12-10-6-2)68-97(81)79-43-57-89(58-44-79)113(87-53-39-77(40-54-87)75-25-17-13-18-26-75)91-61-63-95-93-31-21-23-33-99(93)107(103(95)71-91,83-47-35-73(7-3)36-48-83)101-65-51-85(109)69-105(101)111/h7-8,13-14,17-28,31-72H,3-6,9-12,15-16,29-30H2,1-2H3. The number of hydrogen-bond donors (Lipinski definition) is 0. The van der Waals surface area contributed by atoms with Crippen molar-refractivity contribution in [2.75, 3.05) is 9.80 Å². The molecule has 558 valence electrons. The number of halogens is 4. The SMILES string of the molecule is C=Cc1ccc(C2(c3ccc(F)cc3F)c3ccccc3-c3ccc(N(c4ccc(-c5ccccc5)cc4)c4ccc(-c5cc(CCCCCC)c(-c6ccc(N(c7ccc(-c8ccccc8)cc7)c7ccc8c(c7)C(c7ccc(C=C)cc7)(c7ccc(F)cc7F)c7ccccc7-8)cc6)cc5CCCCCC)cc4)cc32)cc1. The van der Waals surface area contributed by atoms with Crippen LogP contribution < -0.4 is 9.80 Å². The van der Waals surface area contributed by atoms with Crippen molar-refractivity contribution in [1.82, 2.24) is 0 Å². The number of fused-ring (bicyclic) bond motifs is 6. The van der Waals surface area contributed by atoms with Crippen LogP contribution in [0.5, 0.6) is 0 Å². The minimum absolute atomic E-state index is 0.367. The third-order valence-electron chi connectivity index (χ3n) is 23.7. The lowest BCUT2D eigenvalue weighted by atomic mass is 9.67. The van der Waals surface area contributed by atoms with Gasteiger partial charge in [0.1, 0.15) is 23.3 Å². The van der Waals surface area contributed by atoms with Crippen molar-refractivity contribution in [3.63, 3.8) is 0 Å². The second-order valence-electron chi connectivity index (χ2n) is 30.3. The second-order valence-corrected chi connectivity index (χ2v) is 30.3. The summed E-state index contributed by atoms with van der Waals surface area (Å²) in [5.74, 6) is -2.51. The Morgan fingerprint density at radius 2 is 0.588 bits per heavy atom. The molecule has 2 atom stereocenters. The molecule has 0 aliphatic heterocycles. The highest BCUT2D eigenvalue weighted by molar-refractivity contribution is 5.93. The smallest absolute Gasteiger partial charge is 0.130 e. The summed E-state index contributed by atoms with van der Waals surface area (Å²) in [6.07, 6.45) is 14.3. The lowest BCUT2D eigenvalue weighted by molar-refractivity contribution is 0.555. The first-order valence-corrected chi connectivity index (χ1v) is 40.1. The molecule has 2 nitrogen and oxygen atoms in total. The third-order valence-corrected chi connectivity index (χ3v) is 23.7. The fourth-order valence-electron chi connectivity index (χ4n) is 18.1. The minimum Gasteiger partial charge on any atom is -0.310 e. The maximum absolute atomic E-state index is 17.2. The van der Waals surface area contributed by atoms with Gasteiger partial charge in [0, 0.05) is 57.4 Å². The van der Waals surface area contributed by atoms with Crippen LogP contribution in [0, 0.1) is 23.3 Å². The minimum atomic E-state index is -1.17. The van der Waals surface area contributed by atoms with Crippen LogP contribution >= 0.6 is 0 Å². The Morgan fingerprint density at radius 1 is 0.263 bits per heavy atom. The van der Waals surface area contributed by atoms with E-state index >= 15 is 17.6 Å². The molecule has 0 N–H and O–H groups in total. The molecular formula is C108H88F4N2. The van der Waals surface area contributed by atoms with Crippen molar-refractivity contribution < 1.29 is 17.6 Å². The van der Waals surface area contributed by atoms with Crippen molar-refractivity contribution in [2.24, 2.45) is 0 Å². The Bertz CT molecular complexity index is 5640. The van der Waals surface area contributed by atoms with E-state index in [0.717, 1.165) is 211 Å². The van der Waals surface area contributed by atoms with Crippen LogP contribution in [0.15, 0.2) is 353 Å². The maximum Gasteiger partial charge on any atom is 0.130 e. The molecule has 0 fully saturated rings. The fraction of sp³-hybridized carbons (Fsp3) is 0.130.